The van der Waals surface area contributed by atoms with Crippen LogP contribution in [0.3, 0.4) is 0 Å². The van der Waals surface area contributed by atoms with E-state index >= 15 is 0 Å². The molecule has 6 bridgehead atoms. The van der Waals surface area contributed by atoms with Crippen molar-refractivity contribution < 1.29 is 71.2 Å². The molecule has 1 aromatic rings. The van der Waals surface area contributed by atoms with Gasteiger partial charge in [-0.25, -0.2) is 0 Å². The Bertz CT molecular complexity index is 2350. The molecule has 18 atom stereocenters. The minimum Gasteiger partial charge on any atom is -0.459 e. The van der Waals surface area contributed by atoms with E-state index < -0.39 is 94.3 Å². The maximum atomic E-state index is 14.5. The topological polar surface area (TPSA) is 168 Å². The van der Waals surface area contributed by atoms with Gasteiger partial charge >= 0.3 is 5.97 Å². The number of fused-ring (bicyclic) bond motifs is 5. The molecule has 2 N–H and O–H groups in total. The first-order chi connectivity index (χ1) is 39.8. The smallest absolute Gasteiger partial charge is 0.308 e. The van der Waals surface area contributed by atoms with Gasteiger partial charge in [0, 0.05) is 77.5 Å². The lowest BCUT2D eigenvalue weighted by Crippen LogP contribution is -2.61. The molecule has 6 heterocycles. The Labute approximate surface area is 518 Å². The Morgan fingerprint density at radius 2 is 1.45 bits per heavy atom. The number of alkyl halides is 1. The number of aliphatic hydroxyl groups excluding tert-OH is 2. The fraction of sp³-hybridized carbons (Fsp3) is 0.836. The second-order valence-electron chi connectivity index (χ2n) is 29.4. The summed E-state index contributed by atoms with van der Waals surface area (Å²) in [6.07, 6.45) is 2.08. The van der Waals surface area contributed by atoms with Crippen LogP contribution >= 0.6 is 11.6 Å². The molecular formula is C67H111ClO15Si2. The Kier molecular flexibility index (Phi) is 24.6. The van der Waals surface area contributed by atoms with E-state index in [1.54, 1.807) is 14.2 Å². The van der Waals surface area contributed by atoms with Gasteiger partial charge in [-0.3, -0.25) is 4.79 Å². The van der Waals surface area contributed by atoms with E-state index in [4.69, 9.17) is 67.8 Å². The molecule has 0 radical (unpaired) electrons. The van der Waals surface area contributed by atoms with Gasteiger partial charge in [0.25, 0.3) is 0 Å². The monoisotopic (exact) mass is 1250 g/mol. The molecule has 7 rings (SSSR count). The lowest BCUT2D eigenvalue weighted by Gasteiger charge is -2.54. The number of carbonyl (C=O) groups is 1. The van der Waals surface area contributed by atoms with Crippen LogP contribution in [0, 0.1) is 23.7 Å². The maximum Gasteiger partial charge on any atom is 0.308 e. The number of esters is 1. The normalized spacial score (nSPS) is 38.2. The van der Waals surface area contributed by atoms with E-state index in [-0.39, 0.29) is 58.7 Å². The summed E-state index contributed by atoms with van der Waals surface area (Å²) in [6, 6.07) is 10.1. The largest absolute Gasteiger partial charge is 0.459 e. The van der Waals surface area contributed by atoms with E-state index in [2.05, 4.69) is 100.0 Å². The molecule has 6 aliphatic heterocycles. The molecule has 0 unspecified atom stereocenters. The van der Waals surface area contributed by atoms with Crippen LogP contribution in [0.4, 0.5) is 0 Å². The number of rotatable bonds is 11. The minimum absolute atomic E-state index is 0.0585. The van der Waals surface area contributed by atoms with Crippen LogP contribution < -0.4 is 0 Å². The summed E-state index contributed by atoms with van der Waals surface area (Å²) in [4.78, 5) is 14.5. The summed E-state index contributed by atoms with van der Waals surface area (Å²) in [5.41, 5.74) is 1.79. The van der Waals surface area contributed by atoms with E-state index in [9.17, 15) is 15.0 Å². The van der Waals surface area contributed by atoms with Crippen LogP contribution in [-0.4, -0.2) is 156 Å². The molecule has 5 saturated heterocycles. The van der Waals surface area contributed by atoms with Crippen LogP contribution in [0.1, 0.15) is 184 Å². The number of hydrogen-bond acceptors (Lipinski definition) is 15. The highest BCUT2D eigenvalue weighted by Gasteiger charge is 2.62. The molecule has 18 heteroatoms. The third-order valence-corrected chi connectivity index (χ3v) is 29.8. The Hall–Kier alpha value is -1.81. The summed E-state index contributed by atoms with van der Waals surface area (Å²) in [6.45, 7) is 35.9. The lowest BCUT2D eigenvalue weighted by molar-refractivity contribution is -0.413. The summed E-state index contributed by atoms with van der Waals surface area (Å²) in [5, 5.41) is 23.5. The van der Waals surface area contributed by atoms with Gasteiger partial charge in [0.15, 0.2) is 34.0 Å². The quantitative estimate of drug-likeness (QED) is 0.0536. The number of carbonyl (C=O) groups excluding carboxylic acids is 1. The predicted octanol–water partition coefficient (Wildman–Crippen LogP) is 13.2. The van der Waals surface area contributed by atoms with Gasteiger partial charge in [0.2, 0.25) is 0 Å². The van der Waals surface area contributed by atoms with Crippen molar-refractivity contribution in [1.82, 2.24) is 0 Å². The first-order valence-electron chi connectivity index (χ1n) is 32.2. The third kappa shape index (κ3) is 18.7. The predicted molar refractivity (Wildman–Crippen MR) is 336 cm³/mol. The van der Waals surface area contributed by atoms with Crippen molar-refractivity contribution in [1.29, 1.82) is 0 Å². The molecule has 0 aliphatic carbocycles. The van der Waals surface area contributed by atoms with Gasteiger partial charge in [-0.05, 0) is 131 Å². The van der Waals surface area contributed by atoms with Gasteiger partial charge < -0.3 is 66.4 Å². The van der Waals surface area contributed by atoms with Crippen molar-refractivity contribution in [2.75, 3.05) is 20.8 Å². The number of ether oxygens (including phenoxy) is 10. The zero-order chi connectivity index (χ0) is 62.3. The maximum absolute atomic E-state index is 14.5. The summed E-state index contributed by atoms with van der Waals surface area (Å²) in [7, 11) is -1.41. The zero-order valence-electron chi connectivity index (χ0n) is 54.8. The molecule has 85 heavy (non-hydrogen) atoms. The second-order valence-corrected chi connectivity index (χ2v) is 39.4. The molecule has 0 saturated carbocycles. The van der Waals surface area contributed by atoms with Gasteiger partial charge in [0.1, 0.15) is 30.5 Å². The Morgan fingerprint density at radius 1 is 0.788 bits per heavy atom. The fourth-order valence-corrected chi connectivity index (χ4v) is 16.0. The standard InChI is InChI=1S/C67H111ClO15Si2/c1-44-25-20-18-23-30-55(72-12)60(71)62-61(79-65(10,11)80-62)45(2)31-32-54-59(68)57(73-13)41-66(77-54)35-33-46(3)67(83-66)42-56(53(78-67)34-36-74-43-47-26-21-19-22-27-47)76-58(70)40-49-29-24-28-48(75-49)37-50(81-84(14,15)63(4,5)6)38-51(39-52(44)69)82-85(16,17)64(7,8)9/h19,21-22,26-27,44,46,48-57,59-62,69,71H,2,23-25,28-43H2,1,3-17H3/t44-,46-,48-,49+,50+,51-,52+,53-,54+,55-,56-,57+,59+,60-,61-,62+,66+,67+/m0/s1. The average molecular weight is 1250 g/mol. The molecular weight excluding hydrogens is 1140 g/mol. The zero-order valence-corrected chi connectivity index (χ0v) is 57.6. The van der Waals surface area contributed by atoms with Gasteiger partial charge in [0.05, 0.1) is 55.0 Å². The second kappa shape index (κ2) is 29.6. The SMILES string of the molecule is C=C1CC[C@H]2O[C@@]3(CC[C@H](C)[C@@]4(C[C@H](OC(=O)C[C@H]5CCC[C@@H](C[C@@H](O[Si](C)(C)C(C)(C)C)C[C@H](O[Si](C)(C)C(C)(C)C)C[C@@H](O)[C@@H](C)CC#CCC[C@H](OC)[C@H](O)[C@H]6OC(C)(C)O[C@@H]16)O5)[C@H](CCOCc1ccccc1)O4)O3)C[C@@H](OC)[C@@H]2Cl. The van der Waals surface area contributed by atoms with Crippen molar-refractivity contribution >= 4 is 34.2 Å². The molecule has 484 valence electrons. The van der Waals surface area contributed by atoms with Crippen molar-refractivity contribution in [3.8, 4) is 11.8 Å². The Morgan fingerprint density at radius 3 is 2.11 bits per heavy atom. The van der Waals surface area contributed by atoms with E-state index in [1.165, 1.54) is 0 Å². The fourth-order valence-electron chi connectivity index (χ4n) is 12.8. The van der Waals surface area contributed by atoms with Crippen molar-refractivity contribution in [3.63, 3.8) is 0 Å². The highest BCUT2D eigenvalue weighted by molar-refractivity contribution is 6.74. The summed E-state index contributed by atoms with van der Waals surface area (Å²) in [5.74, 6) is 2.82. The van der Waals surface area contributed by atoms with Crippen LogP contribution in [0.5, 0.6) is 0 Å². The minimum atomic E-state index is -2.34. The Balaban J connectivity index is 1.19. The van der Waals surface area contributed by atoms with Crippen molar-refractivity contribution in [2.24, 2.45) is 11.8 Å². The highest BCUT2D eigenvalue weighted by atomic mass is 35.5. The molecule has 6 aliphatic rings. The number of hydrogen-bond donors (Lipinski definition) is 2. The first kappa shape index (κ1) is 70.6. The number of benzene rings is 1. The lowest BCUT2D eigenvalue weighted by atomic mass is 9.82. The molecule has 1 aromatic carbocycles. The number of methoxy groups -OCH3 is 2. The first-order valence-corrected chi connectivity index (χ1v) is 38.5. The van der Waals surface area contributed by atoms with Crippen LogP contribution in [0.2, 0.25) is 36.3 Å². The number of halogens is 1. The van der Waals surface area contributed by atoms with Crippen molar-refractivity contribution in [2.45, 2.75) is 323 Å². The summed E-state index contributed by atoms with van der Waals surface area (Å²) >= 11 is 7.29. The van der Waals surface area contributed by atoms with Crippen LogP contribution in [0.25, 0.3) is 0 Å². The van der Waals surface area contributed by atoms with E-state index in [0.717, 1.165) is 36.8 Å². The van der Waals surface area contributed by atoms with E-state index in [0.29, 0.717) is 90.3 Å². The van der Waals surface area contributed by atoms with Crippen LogP contribution in [0.15, 0.2) is 42.5 Å². The van der Waals surface area contributed by atoms with Gasteiger partial charge in [-0.2, -0.15) is 0 Å². The van der Waals surface area contributed by atoms with Gasteiger partial charge in [-0.15, -0.1) is 23.4 Å². The number of aliphatic hydroxyl groups is 2. The molecule has 0 amide bonds. The molecule has 15 nitrogen and oxygen atoms in total. The average Bonchev–Trinajstić information content (AvgIpc) is 2.35. The molecule has 2 spiro atoms. The molecule has 0 aromatic heterocycles. The van der Waals surface area contributed by atoms with Crippen molar-refractivity contribution in [3.05, 3.63) is 48.0 Å². The third-order valence-electron chi connectivity index (χ3n) is 20.1. The molecule has 5 fully saturated rings. The highest BCUT2D eigenvalue weighted by Crippen LogP contribution is 2.53. The summed E-state index contributed by atoms with van der Waals surface area (Å²) < 4.78 is 81.1. The van der Waals surface area contributed by atoms with Crippen LogP contribution in [-0.2, 0) is 67.6 Å². The van der Waals surface area contributed by atoms with E-state index in [1.807, 2.05) is 44.2 Å². The van der Waals surface area contributed by atoms with Gasteiger partial charge in [-0.1, -0.05) is 92.3 Å².